The zero-order chi connectivity index (χ0) is 12.4. The van der Waals surface area contributed by atoms with Crippen LogP contribution in [0.5, 0.6) is 0 Å². The van der Waals surface area contributed by atoms with Gasteiger partial charge in [-0.1, -0.05) is 6.07 Å². The van der Waals surface area contributed by atoms with Crippen LogP contribution in [-0.2, 0) is 11.3 Å². The van der Waals surface area contributed by atoms with Gasteiger partial charge in [-0.2, -0.15) is 0 Å². The minimum absolute atomic E-state index is 0.0282. The van der Waals surface area contributed by atoms with E-state index in [0.717, 1.165) is 16.1 Å². The summed E-state index contributed by atoms with van der Waals surface area (Å²) in [6, 6.07) is 6.07. The highest BCUT2D eigenvalue weighted by atomic mass is 32.2. The van der Waals surface area contributed by atoms with Gasteiger partial charge in [-0.25, -0.2) is 0 Å². The monoisotopic (exact) mass is 251 g/mol. The number of benzene rings is 1. The van der Waals surface area contributed by atoms with Crippen molar-refractivity contribution in [1.29, 1.82) is 0 Å². The third kappa shape index (κ3) is 2.31. The number of hydrogen-bond acceptors (Lipinski definition) is 4. The Morgan fingerprint density at radius 1 is 1.53 bits per heavy atom. The van der Waals surface area contributed by atoms with Crippen LogP contribution in [0.1, 0.15) is 12.5 Å². The van der Waals surface area contributed by atoms with Crippen LogP contribution >= 0.6 is 11.8 Å². The summed E-state index contributed by atoms with van der Waals surface area (Å²) in [4.78, 5) is 15.0. The van der Waals surface area contributed by atoms with E-state index in [9.17, 15) is 4.79 Å². The summed E-state index contributed by atoms with van der Waals surface area (Å²) in [6.45, 7) is 2.97. The standard InChI is InChI=1S/C12H17N3OS/c1-8-12(16)15(7-14-2)10-5-9(6-13)3-4-11(10)17-8/h3-5,8,14H,6-7,13H2,1-2H3. The Morgan fingerprint density at radius 2 is 2.29 bits per heavy atom. The first kappa shape index (κ1) is 12.4. The van der Waals surface area contributed by atoms with Gasteiger partial charge in [0.1, 0.15) is 0 Å². The summed E-state index contributed by atoms with van der Waals surface area (Å²) in [7, 11) is 1.84. The molecule has 92 valence electrons. The number of nitrogens with one attached hydrogen (secondary N) is 1. The lowest BCUT2D eigenvalue weighted by Crippen LogP contribution is -2.44. The number of nitrogens with two attached hydrogens (primary N) is 1. The molecule has 1 aliphatic rings. The van der Waals surface area contributed by atoms with Crippen LogP contribution in [0.2, 0.25) is 0 Å². The maximum absolute atomic E-state index is 12.1. The van der Waals surface area contributed by atoms with Crippen molar-refractivity contribution in [2.24, 2.45) is 5.73 Å². The van der Waals surface area contributed by atoms with Crippen LogP contribution in [0, 0.1) is 0 Å². The minimum Gasteiger partial charge on any atom is -0.326 e. The van der Waals surface area contributed by atoms with Crippen molar-refractivity contribution in [2.75, 3.05) is 18.6 Å². The van der Waals surface area contributed by atoms with E-state index in [1.807, 2.05) is 32.2 Å². The van der Waals surface area contributed by atoms with Crippen molar-refractivity contribution in [3.8, 4) is 0 Å². The number of anilines is 1. The molecule has 0 saturated carbocycles. The number of carbonyl (C=O) groups excluding carboxylic acids is 1. The van der Waals surface area contributed by atoms with Crippen LogP contribution in [-0.4, -0.2) is 24.9 Å². The number of rotatable bonds is 3. The molecule has 1 atom stereocenters. The average Bonchev–Trinajstić information content (AvgIpc) is 2.34. The second-order valence-corrected chi connectivity index (χ2v) is 5.43. The summed E-state index contributed by atoms with van der Waals surface area (Å²) < 4.78 is 0. The third-order valence-electron chi connectivity index (χ3n) is 2.78. The van der Waals surface area contributed by atoms with E-state index in [2.05, 4.69) is 5.32 Å². The number of carbonyl (C=O) groups is 1. The quantitative estimate of drug-likeness (QED) is 0.846. The van der Waals surface area contributed by atoms with E-state index in [1.54, 1.807) is 16.7 Å². The van der Waals surface area contributed by atoms with Gasteiger partial charge in [0.05, 0.1) is 17.6 Å². The molecule has 0 fully saturated rings. The largest absolute Gasteiger partial charge is 0.326 e. The second-order valence-electron chi connectivity index (χ2n) is 4.04. The first-order chi connectivity index (χ1) is 8.17. The van der Waals surface area contributed by atoms with Gasteiger partial charge in [-0.3, -0.25) is 9.69 Å². The first-order valence-corrected chi connectivity index (χ1v) is 6.51. The van der Waals surface area contributed by atoms with Crippen molar-refractivity contribution in [3.05, 3.63) is 23.8 Å². The van der Waals surface area contributed by atoms with Crippen molar-refractivity contribution >= 4 is 23.4 Å². The highest BCUT2D eigenvalue weighted by molar-refractivity contribution is 8.00. The summed E-state index contributed by atoms with van der Waals surface area (Å²) in [5.74, 6) is 0.144. The Kier molecular flexibility index (Phi) is 3.71. The Bertz CT molecular complexity index is 436. The molecule has 1 aromatic carbocycles. The SMILES string of the molecule is CNCN1C(=O)C(C)Sc2ccc(CN)cc21. The predicted octanol–water partition coefficient (Wildman–Crippen LogP) is 1.15. The predicted molar refractivity (Wildman–Crippen MR) is 71.1 cm³/mol. The molecule has 1 unspecified atom stereocenters. The van der Waals surface area contributed by atoms with Crippen molar-refractivity contribution in [3.63, 3.8) is 0 Å². The molecule has 1 amide bonds. The van der Waals surface area contributed by atoms with Crippen LogP contribution in [0.3, 0.4) is 0 Å². The van der Waals surface area contributed by atoms with Crippen LogP contribution < -0.4 is 16.0 Å². The molecular formula is C12H17N3OS. The van der Waals surface area contributed by atoms with Gasteiger partial charge in [-0.15, -0.1) is 11.8 Å². The molecule has 0 saturated heterocycles. The van der Waals surface area contributed by atoms with E-state index in [0.29, 0.717) is 13.2 Å². The van der Waals surface area contributed by atoms with Gasteiger partial charge >= 0.3 is 0 Å². The van der Waals surface area contributed by atoms with E-state index < -0.39 is 0 Å². The van der Waals surface area contributed by atoms with Crippen LogP contribution in [0.25, 0.3) is 0 Å². The number of hydrogen-bond donors (Lipinski definition) is 2. The van der Waals surface area contributed by atoms with Crippen LogP contribution in [0.15, 0.2) is 23.1 Å². The molecule has 0 radical (unpaired) electrons. The molecule has 0 spiro atoms. The lowest BCUT2D eigenvalue weighted by Gasteiger charge is -2.32. The van der Waals surface area contributed by atoms with Gasteiger partial charge in [0, 0.05) is 11.4 Å². The highest BCUT2D eigenvalue weighted by Crippen LogP contribution is 2.39. The van der Waals surface area contributed by atoms with Gasteiger partial charge in [0.25, 0.3) is 0 Å². The Labute approximate surface area is 106 Å². The molecule has 0 bridgehead atoms. The molecule has 1 aliphatic heterocycles. The van der Waals surface area contributed by atoms with Gasteiger partial charge in [-0.05, 0) is 31.7 Å². The average molecular weight is 251 g/mol. The number of fused-ring (bicyclic) bond motifs is 1. The van der Waals surface area contributed by atoms with E-state index in [4.69, 9.17) is 5.73 Å². The molecular weight excluding hydrogens is 234 g/mol. The van der Waals surface area contributed by atoms with E-state index >= 15 is 0 Å². The second kappa shape index (κ2) is 5.08. The Hall–Kier alpha value is -1.04. The summed E-state index contributed by atoms with van der Waals surface area (Å²) in [5.41, 5.74) is 7.66. The topological polar surface area (TPSA) is 58.4 Å². The van der Waals surface area contributed by atoms with Crippen molar-refractivity contribution < 1.29 is 4.79 Å². The normalized spacial score (nSPS) is 19.4. The Balaban J connectivity index is 2.43. The number of amides is 1. The molecule has 0 aliphatic carbocycles. The van der Waals surface area contributed by atoms with Gasteiger partial charge in [0.2, 0.25) is 5.91 Å². The van der Waals surface area contributed by atoms with E-state index in [1.165, 1.54) is 0 Å². The molecule has 5 heteroatoms. The van der Waals surface area contributed by atoms with Crippen molar-refractivity contribution in [2.45, 2.75) is 23.6 Å². The smallest absolute Gasteiger partial charge is 0.241 e. The maximum Gasteiger partial charge on any atom is 0.241 e. The van der Waals surface area contributed by atoms with Gasteiger partial charge < -0.3 is 11.1 Å². The lowest BCUT2D eigenvalue weighted by atomic mass is 10.1. The highest BCUT2D eigenvalue weighted by Gasteiger charge is 2.30. The molecule has 2 rings (SSSR count). The molecule has 4 nitrogen and oxygen atoms in total. The summed E-state index contributed by atoms with van der Waals surface area (Å²) >= 11 is 1.61. The fourth-order valence-electron chi connectivity index (χ4n) is 1.90. The van der Waals surface area contributed by atoms with Crippen molar-refractivity contribution in [1.82, 2.24) is 5.32 Å². The zero-order valence-electron chi connectivity index (χ0n) is 10.1. The molecule has 17 heavy (non-hydrogen) atoms. The fraction of sp³-hybridized carbons (Fsp3) is 0.417. The maximum atomic E-state index is 12.1. The molecule has 3 N–H and O–H groups in total. The number of nitrogens with zero attached hydrogens (tertiary/aromatic N) is 1. The summed E-state index contributed by atoms with van der Waals surface area (Å²) in [5, 5.41) is 3.00. The van der Waals surface area contributed by atoms with E-state index in [-0.39, 0.29) is 11.2 Å². The molecule has 1 aromatic rings. The van der Waals surface area contributed by atoms with Crippen LogP contribution in [0.4, 0.5) is 5.69 Å². The number of thioether (sulfide) groups is 1. The molecule has 0 aromatic heterocycles. The summed E-state index contributed by atoms with van der Waals surface area (Å²) in [6.07, 6.45) is 0. The fourth-order valence-corrected chi connectivity index (χ4v) is 2.95. The minimum atomic E-state index is -0.0282. The third-order valence-corrected chi connectivity index (χ3v) is 3.94. The Morgan fingerprint density at radius 3 is 2.94 bits per heavy atom. The zero-order valence-corrected chi connectivity index (χ0v) is 10.9. The lowest BCUT2D eigenvalue weighted by molar-refractivity contribution is -0.118. The van der Waals surface area contributed by atoms with Gasteiger partial charge in [0.15, 0.2) is 0 Å². The first-order valence-electron chi connectivity index (χ1n) is 5.63. The molecule has 1 heterocycles.